The van der Waals surface area contributed by atoms with Gasteiger partial charge in [-0.05, 0) is 19.2 Å². The molecule has 138 valence electrons. The molecule has 2 aliphatic heterocycles. The molecule has 8 heteroatoms. The van der Waals surface area contributed by atoms with Gasteiger partial charge in [0.25, 0.3) is 0 Å². The van der Waals surface area contributed by atoms with Crippen molar-refractivity contribution in [3.8, 4) is 0 Å². The number of aromatic carboxylic acids is 1. The van der Waals surface area contributed by atoms with Crippen molar-refractivity contribution in [2.45, 2.75) is 6.04 Å². The Kier molecular flexibility index (Phi) is 4.16. The molecule has 26 heavy (non-hydrogen) atoms. The number of carbonyl (C=O) groups is 1. The molecule has 1 aromatic carbocycles. The summed E-state index contributed by atoms with van der Waals surface area (Å²) < 4.78 is 21.7. The third-order valence-electron chi connectivity index (χ3n) is 5.19. The third-order valence-corrected chi connectivity index (χ3v) is 5.19. The molecule has 7 nitrogen and oxygen atoms in total. The molecule has 3 heterocycles. The summed E-state index contributed by atoms with van der Waals surface area (Å²) in [7, 11) is 2.02. The van der Waals surface area contributed by atoms with Gasteiger partial charge in [-0.25, -0.2) is 9.18 Å². The smallest absolute Gasteiger partial charge is 0.341 e. The number of fused-ring (bicyclic) bond motifs is 1. The van der Waals surface area contributed by atoms with E-state index in [1.54, 1.807) is 10.6 Å². The van der Waals surface area contributed by atoms with Crippen molar-refractivity contribution in [1.82, 2.24) is 9.47 Å². The zero-order valence-electron chi connectivity index (χ0n) is 14.4. The van der Waals surface area contributed by atoms with Crippen LogP contribution in [0.1, 0.15) is 16.4 Å². The van der Waals surface area contributed by atoms with Crippen LogP contribution in [0.15, 0.2) is 23.1 Å². The summed E-state index contributed by atoms with van der Waals surface area (Å²) in [6.45, 7) is 3.94. The van der Waals surface area contributed by atoms with E-state index in [0.29, 0.717) is 37.5 Å². The first-order valence-electron chi connectivity index (χ1n) is 8.58. The highest BCUT2D eigenvalue weighted by molar-refractivity contribution is 5.93. The average molecular weight is 361 g/mol. The van der Waals surface area contributed by atoms with Crippen molar-refractivity contribution in [1.29, 1.82) is 0 Å². The number of pyridine rings is 1. The average Bonchev–Trinajstić information content (AvgIpc) is 2.56. The first kappa shape index (κ1) is 17.0. The Balaban J connectivity index is 1.89. The third kappa shape index (κ3) is 2.75. The van der Waals surface area contributed by atoms with E-state index in [1.165, 1.54) is 12.3 Å². The normalized spacial score (nSPS) is 18.9. The molecule has 2 saturated heterocycles. The molecular formula is C18H20FN3O4. The lowest BCUT2D eigenvalue weighted by molar-refractivity contribution is -0.0217. The Morgan fingerprint density at radius 1 is 1.23 bits per heavy atom. The fraction of sp³-hybridized carbons (Fsp3) is 0.444. The number of halogens is 1. The number of hydrogen-bond acceptors (Lipinski definition) is 5. The first-order valence-corrected chi connectivity index (χ1v) is 8.58. The number of rotatable bonds is 3. The van der Waals surface area contributed by atoms with Gasteiger partial charge >= 0.3 is 5.97 Å². The lowest BCUT2D eigenvalue weighted by Gasteiger charge is -2.35. The van der Waals surface area contributed by atoms with Crippen LogP contribution in [0, 0.1) is 5.82 Å². The SMILES string of the molecule is CN1CCN(c2cc3c(cc2F)c(=O)c(C(=O)O)cn3C2COC2)CC1. The number of nitrogens with zero attached hydrogens (tertiary/aromatic N) is 3. The van der Waals surface area contributed by atoms with Gasteiger partial charge in [-0.1, -0.05) is 0 Å². The predicted molar refractivity (Wildman–Crippen MR) is 94.7 cm³/mol. The van der Waals surface area contributed by atoms with Gasteiger partial charge in [0.05, 0.1) is 30.5 Å². The number of carboxylic acids is 1. The molecule has 0 aliphatic carbocycles. The number of piperazine rings is 1. The highest BCUT2D eigenvalue weighted by atomic mass is 19.1. The summed E-state index contributed by atoms with van der Waals surface area (Å²) in [5.74, 6) is -1.81. The fourth-order valence-electron chi connectivity index (χ4n) is 3.49. The molecule has 2 aromatic rings. The maximum absolute atomic E-state index is 14.8. The molecular weight excluding hydrogens is 341 g/mol. The summed E-state index contributed by atoms with van der Waals surface area (Å²) in [5, 5.41) is 9.41. The number of aromatic nitrogens is 1. The topological polar surface area (TPSA) is 75.0 Å². The zero-order chi connectivity index (χ0) is 18.4. The quantitative estimate of drug-likeness (QED) is 0.884. The lowest BCUT2D eigenvalue weighted by atomic mass is 10.1. The Morgan fingerprint density at radius 3 is 2.50 bits per heavy atom. The molecule has 1 aromatic heterocycles. The summed E-state index contributed by atoms with van der Waals surface area (Å²) in [5.41, 5.74) is -0.0188. The minimum atomic E-state index is -1.31. The van der Waals surface area contributed by atoms with E-state index < -0.39 is 17.2 Å². The molecule has 2 fully saturated rings. The van der Waals surface area contributed by atoms with E-state index in [1.807, 2.05) is 11.9 Å². The van der Waals surface area contributed by atoms with Crippen molar-refractivity contribution in [2.75, 3.05) is 51.3 Å². The van der Waals surface area contributed by atoms with Gasteiger partial charge in [0.1, 0.15) is 11.4 Å². The van der Waals surface area contributed by atoms with E-state index in [2.05, 4.69) is 4.90 Å². The number of likely N-dealkylation sites (N-methyl/N-ethyl adjacent to an activating group) is 1. The molecule has 0 saturated carbocycles. The van der Waals surface area contributed by atoms with E-state index in [0.717, 1.165) is 13.1 Å². The Morgan fingerprint density at radius 2 is 1.92 bits per heavy atom. The molecule has 2 aliphatic rings. The number of carboxylic acid groups (broad SMARTS) is 1. The van der Waals surface area contributed by atoms with Crippen molar-refractivity contribution in [3.63, 3.8) is 0 Å². The van der Waals surface area contributed by atoms with Crippen LogP contribution >= 0.6 is 0 Å². The van der Waals surface area contributed by atoms with Crippen LogP contribution in [0.5, 0.6) is 0 Å². The first-order chi connectivity index (χ1) is 12.5. The number of benzene rings is 1. The second-order valence-electron chi connectivity index (χ2n) is 6.89. The minimum Gasteiger partial charge on any atom is -0.477 e. The summed E-state index contributed by atoms with van der Waals surface area (Å²) >= 11 is 0. The molecule has 0 atom stereocenters. The van der Waals surface area contributed by atoms with Gasteiger partial charge in [0.2, 0.25) is 5.43 Å². The van der Waals surface area contributed by atoms with Crippen molar-refractivity contribution < 1.29 is 19.0 Å². The van der Waals surface area contributed by atoms with Crippen LogP contribution in [-0.2, 0) is 4.74 Å². The van der Waals surface area contributed by atoms with E-state index >= 15 is 0 Å². The van der Waals surface area contributed by atoms with Crippen molar-refractivity contribution >= 4 is 22.6 Å². The summed E-state index contributed by atoms with van der Waals surface area (Å²) in [4.78, 5) is 28.1. The van der Waals surface area contributed by atoms with Gasteiger partial charge in [0, 0.05) is 37.8 Å². The number of anilines is 1. The van der Waals surface area contributed by atoms with Gasteiger partial charge in [-0.3, -0.25) is 4.79 Å². The Hall–Kier alpha value is -2.45. The number of hydrogen-bond donors (Lipinski definition) is 1. The van der Waals surface area contributed by atoms with Gasteiger partial charge < -0.3 is 24.2 Å². The molecule has 1 N–H and O–H groups in total. The lowest BCUT2D eigenvalue weighted by Crippen LogP contribution is -2.44. The fourth-order valence-corrected chi connectivity index (χ4v) is 3.49. The van der Waals surface area contributed by atoms with Crippen LogP contribution in [0.25, 0.3) is 10.9 Å². The second-order valence-corrected chi connectivity index (χ2v) is 6.89. The molecule has 0 unspecified atom stereocenters. The Labute approximate surface area is 149 Å². The zero-order valence-corrected chi connectivity index (χ0v) is 14.4. The van der Waals surface area contributed by atoms with E-state index in [4.69, 9.17) is 4.74 Å². The van der Waals surface area contributed by atoms with Crippen LogP contribution in [-0.4, -0.2) is 67.0 Å². The van der Waals surface area contributed by atoms with Crippen molar-refractivity contribution in [2.24, 2.45) is 0 Å². The Bertz CT molecular complexity index is 930. The molecule has 4 rings (SSSR count). The van der Waals surface area contributed by atoms with Crippen LogP contribution in [0.3, 0.4) is 0 Å². The molecule has 0 amide bonds. The maximum atomic E-state index is 14.8. The number of ether oxygens (including phenoxy) is 1. The van der Waals surface area contributed by atoms with Gasteiger partial charge in [0.15, 0.2) is 0 Å². The summed E-state index contributed by atoms with van der Waals surface area (Å²) in [6.07, 6.45) is 1.35. The van der Waals surface area contributed by atoms with E-state index in [9.17, 15) is 19.1 Å². The highest BCUT2D eigenvalue weighted by Crippen LogP contribution is 2.29. The predicted octanol–water partition coefficient (Wildman–Crippen LogP) is 1.16. The van der Waals surface area contributed by atoms with Gasteiger partial charge in [-0.15, -0.1) is 0 Å². The molecule has 0 radical (unpaired) electrons. The standard InChI is InChI=1S/C18H20FN3O4/c1-20-2-4-21(5-3-20)16-7-15-12(6-14(16)19)17(23)13(18(24)25)8-22(15)11-9-26-10-11/h6-8,11H,2-5,9-10H2,1H3,(H,24,25). The van der Waals surface area contributed by atoms with Crippen LogP contribution in [0.2, 0.25) is 0 Å². The van der Waals surface area contributed by atoms with Crippen LogP contribution < -0.4 is 10.3 Å². The minimum absolute atomic E-state index is 0.0537. The molecule has 0 bridgehead atoms. The van der Waals surface area contributed by atoms with E-state index in [-0.39, 0.29) is 17.0 Å². The van der Waals surface area contributed by atoms with Gasteiger partial charge in [-0.2, -0.15) is 0 Å². The second kappa shape index (κ2) is 6.37. The summed E-state index contributed by atoms with van der Waals surface area (Å²) in [6, 6.07) is 2.79. The monoisotopic (exact) mass is 361 g/mol. The van der Waals surface area contributed by atoms with Crippen molar-refractivity contribution in [3.05, 3.63) is 39.9 Å². The largest absolute Gasteiger partial charge is 0.477 e. The highest BCUT2D eigenvalue weighted by Gasteiger charge is 2.26. The maximum Gasteiger partial charge on any atom is 0.341 e. The van der Waals surface area contributed by atoms with Crippen LogP contribution in [0.4, 0.5) is 10.1 Å². The molecule has 0 spiro atoms.